The number of benzene rings is 1. The van der Waals surface area contributed by atoms with Crippen LogP contribution in [0, 0.1) is 0 Å². The molecule has 8 heteroatoms. The molecule has 0 unspecified atom stereocenters. The van der Waals surface area contributed by atoms with Crippen LogP contribution < -0.4 is 5.73 Å². The van der Waals surface area contributed by atoms with E-state index in [1.54, 1.807) is 29.9 Å². The first kappa shape index (κ1) is 16.0. The standard InChI is InChI=1S/C14H15BrN4O3/c1-2-22-14(20)11-8-19(17-12(11)15)7-9-3-5-10(6-4-9)13(16)18-21/h3-6,8,21H,2,7H2,1H3,(H2,16,18). The summed E-state index contributed by atoms with van der Waals surface area (Å²) in [6.45, 7) is 2.54. The second-order valence-corrected chi connectivity index (χ2v) is 5.18. The van der Waals surface area contributed by atoms with E-state index >= 15 is 0 Å². The van der Waals surface area contributed by atoms with Gasteiger partial charge in [-0.2, -0.15) is 5.10 Å². The number of nitrogens with two attached hydrogens (primary N) is 1. The maximum Gasteiger partial charge on any atom is 0.342 e. The van der Waals surface area contributed by atoms with Gasteiger partial charge in [-0.15, -0.1) is 0 Å². The van der Waals surface area contributed by atoms with Gasteiger partial charge in [-0.1, -0.05) is 29.4 Å². The lowest BCUT2D eigenvalue weighted by molar-refractivity contribution is 0.0525. The highest BCUT2D eigenvalue weighted by molar-refractivity contribution is 9.10. The molecule has 0 bridgehead atoms. The van der Waals surface area contributed by atoms with Gasteiger partial charge in [0.2, 0.25) is 0 Å². The molecule has 0 aliphatic carbocycles. The predicted molar refractivity (Wildman–Crippen MR) is 83.9 cm³/mol. The van der Waals surface area contributed by atoms with E-state index in [4.69, 9.17) is 15.7 Å². The maximum absolute atomic E-state index is 11.7. The lowest BCUT2D eigenvalue weighted by atomic mass is 10.1. The minimum Gasteiger partial charge on any atom is -0.462 e. The van der Waals surface area contributed by atoms with E-state index in [2.05, 4.69) is 26.2 Å². The molecule has 0 atom stereocenters. The van der Waals surface area contributed by atoms with Gasteiger partial charge < -0.3 is 15.7 Å². The summed E-state index contributed by atoms with van der Waals surface area (Å²) in [6.07, 6.45) is 1.62. The number of aromatic nitrogens is 2. The summed E-state index contributed by atoms with van der Waals surface area (Å²) in [6, 6.07) is 7.17. The van der Waals surface area contributed by atoms with Gasteiger partial charge in [-0.05, 0) is 28.4 Å². The zero-order valence-electron chi connectivity index (χ0n) is 11.9. The van der Waals surface area contributed by atoms with Crippen LogP contribution in [0.5, 0.6) is 0 Å². The van der Waals surface area contributed by atoms with Crippen LogP contribution in [0.25, 0.3) is 0 Å². The molecule has 0 fully saturated rings. The number of oxime groups is 1. The van der Waals surface area contributed by atoms with Crippen LogP contribution in [0.4, 0.5) is 0 Å². The molecule has 2 rings (SSSR count). The van der Waals surface area contributed by atoms with Crippen LogP contribution >= 0.6 is 15.9 Å². The van der Waals surface area contributed by atoms with Crippen molar-refractivity contribution in [3.05, 3.63) is 51.8 Å². The summed E-state index contributed by atoms with van der Waals surface area (Å²) < 4.78 is 7.03. The van der Waals surface area contributed by atoms with Gasteiger partial charge >= 0.3 is 5.97 Å². The Morgan fingerprint density at radius 3 is 2.73 bits per heavy atom. The molecule has 1 aromatic carbocycles. The number of carbonyl (C=O) groups is 1. The van der Waals surface area contributed by atoms with Crippen LogP contribution in [0.3, 0.4) is 0 Å². The molecule has 0 saturated carbocycles. The Morgan fingerprint density at radius 1 is 1.45 bits per heavy atom. The highest BCUT2D eigenvalue weighted by Gasteiger charge is 2.15. The summed E-state index contributed by atoms with van der Waals surface area (Å²) in [4.78, 5) is 11.7. The van der Waals surface area contributed by atoms with E-state index < -0.39 is 5.97 Å². The topological polar surface area (TPSA) is 103 Å². The molecule has 22 heavy (non-hydrogen) atoms. The fourth-order valence-corrected chi connectivity index (χ4v) is 2.32. The van der Waals surface area contributed by atoms with E-state index in [0.29, 0.717) is 28.9 Å². The molecule has 0 amide bonds. The lowest BCUT2D eigenvalue weighted by Crippen LogP contribution is -2.13. The fraction of sp³-hybridized carbons (Fsp3) is 0.214. The number of amidine groups is 1. The first-order valence-corrected chi connectivity index (χ1v) is 7.31. The summed E-state index contributed by atoms with van der Waals surface area (Å²) in [7, 11) is 0. The number of hydrogen-bond acceptors (Lipinski definition) is 5. The molecule has 116 valence electrons. The molecule has 0 spiro atoms. The largest absolute Gasteiger partial charge is 0.462 e. The van der Waals surface area contributed by atoms with Crippen molar-refractivity contribution in [2.45, 2.75) is 13.5 Å². The molecule has 0 aliphatic heterocycles. The monoisotopic (exact) mass is 366 g/mol. The van der Waals surface area contributed by atoms with Crippen LogP contribution in [0.2, 0.25) is 0 Å². The average Bonchev–Trinajstić information content (AvgIpc) is 2.88. The van der Waals surface area contributed by atoms with Gasteiger partial charge in [0.15, 0.2) is 5.84 Å². The third-order valence-electron chi connectivity index (χ3n) is 2.91. The highest BCUT2D eigenvalue weighted by Crippen LogP contribution is 2.16. The highest BCUT2D eigenvalue weighted by atomic mass is 79.9. The Balaban J connectivity index is 2.14. The van der Waals surface area contributed by atoms with Crippen molar-refractivity contribution in [1.82, 2.24) is 9.78 Å². The molecule has 2 aromatic rings. The Labute approximate surface area is 135 Å². The van der Waals surface area contributed by atoms with Gasteiger partial charge in [0.25, 0.3) is 0 Å². The van der Waals surface area contributed by atoms with Crippen LogP contribution in [-0.4, -0.2) is 33.4 Å². The van der Waals surface area contributed by atoms with Crippen molar-refractivity contribution < 1.29 is 14.7 Å². The fourth-order valence-electron chi connectivity index (χ4n) is 1.85. The Bertz CT molecular complexity index is 695. The molecular formula is C14H15BrN4O3. The lowest BCUT2D eigenvalue weighted by Gasteiger charge is -2.03. The van der Waals surface area contributed by atoms with Crippen LogP contribution in [0.15, 0.2) is 40.2 Å². The van der Waals surface area contributed by atoms with Crippen molar-refractivity contribution in [1.29, 1.82) is 0 Å². The number of halogens is 1. The predicted octanol–water partition coefficient (Wildman–Crippen LogP) is 1.97. The van der Waals surface area contributed by atoms with Crippen molar-refractivity contribution in [3.8, 4) is 0 Å². The minimum absolute atomic E-state index is 0.0537. The van der Waals surface area contributed by atoms with Gasteiger partial charge in [-0.3, -0.25) is 4.68 Å². The maximum atomic E-state index is 11.7. The molecule has 0 radical (unpaired) electrons. The molecule has 3 N–H and O–H groups in total. The summed E-state index contributed by atoms with van der Waals surface area (Å²) in [5, 5.41) is 15.8. The van der Waals surface area contributed by atoms with E-state index in [0.717, 1.165) is 5.56 Å². The third kappa shape index (κ3) is 3.64. The second kappa shape index (κ2) is 7.08. The van der Waals surface area contributed by atoms with E-state index in [9.17, 15) is 4.79 Å². The van der Waals surface area contributed by atoms with E-state index in [1.807, 2.05) is 12.1 Å². The van der Waals surface area contributed by atoms with Crippen molar-refractivity contribution in [3.63, 3.8) is 0 Å². The van der Waals surface area contributed by atoms with Crippen LogP contribution in [-0.2, 0) is 11.3 Å². The number of ether oxygens (including phenoxy) is 1. The number of rotatable bonds is 5. The SMILES string of the molecule is CCOC(=O)c1cn(Cc2ccc(/C(N)=N/O)cc2)nc1Br. The molecule has 0 aliphatic rings. The molecule has 7 nitrogen and oxygen atoms in total. The Kier molecular flexibility index (Phi) is 5.16. The number of esters is 1. The zero-order valence-corrected chi connectivity index (χ0v) is 13.4. The first-order valence-electron chi connectivity index (χ1n) is 6.52. The van der Waals surface area contributed by atoms with Gasteiger partial charge in [0.05, 0.1) is 13.2 Å². The minimum atomic E-state index is -0.414. The molecule has 1 heterocycles. The molecule has 1 aromatic heterocycles. The second-order valence-electron chi connectivity index (χ2n) is 4.43. The average molecular weight is 367 g/mol. The zero-order chi connectivity index (χ0) is 16.1. The van der Waals surface area contributed by atoms with Gasteiger partial charge in [0.1, 0.15) is 10.2 Å². The Morgan fingerprint density at radius 2 is 2.14 bits per heavy atom. The van der Waals surface area contributed by atoms with Gasteiger partial charge in [-0.25, -0.2) is 4.79 Å². The summed E-state index contributed by atoms with van der Waals surface area (Å²) in [5.74, 6) is -0.360. The first-order chi connectivity index (χ1) is 10.5. The smallest absolute Gasteiger partial charge is 0.342 e. The number of hydrogen-bond donors (Lipinski definition) is 2. The summed E-state index contributed by atoms with van der Waals surface area (Å²) in [5.41, 5.74) is 7.47. The van der Waals surface area contributed by atoms with E-state index in [-0.39, 0.29) is 5.84 Å². The molecule has 0 saturated heterocycles. The van der Waals surface area contributed by atoms with Crippen molar-refractivity contribution in [2.75, 3.05) is 6.61 Å². The van der Waals surface area contributed by atoms with Crippen molar-refractivity contribution >= 4 is 27.7 Å². The van der Waals surface area contributed by atoms with Crippen molar-refractivity contribution in [2.24, 2.45) is 10.9 Å². The number of carbonyl (C=O) groups excluding carboxylic acids is 1. The Hall–Kier alpha value is -2.35. The molecular weight excluding hydrogens is 352 g/mol. The van der Waals surface area contributed by atoms with Gasteiger partial charge in [0, 0.05) is 11.8 Å². The third-order valence-corrected chi connectivity index (χ3v) is 3.50. The normalized spacial score (nSPS) is 11.5. The van der Waals surface area contributed by atoms with E-state index in [1.165, 1.54) is 0 Å². The van der Waals surface area contributed by atoms with Crippen LogP contribution in [0.1, 0.15) is 28.4 Å². The quantitative estimate of drug-likeness (QED) is 0.277. The summed E-state index contributed by atoms with van der Waals surface area (Å²) >= 11 is 3.25. The number of nitrogens with zero attached hydrogens (tertiary/aromatic N) is 3.